The van der Waals surface area contributed by atoms with E-state index in [1.165, 1.54) is 4.90 Å². The summed E-state index contributed by atoms with van der Waals surface area (Å²) in [6.07, 6.45) is -0.506. The molecular weight excluding hydrogens is 242 g/mol. The van der Waals surface area contributed by atoms with Gasteiger partial charge in [-0.3, -0.25) is 9.59 Å². The molecule has 2 aliphatic heterocycles. The summed E-state index contributed by atoms with van der Waals surface area (Å²) in [5.74, 6) is -1.87. The van der Waals surface area contributed by atoms with Gasteiger partial charge in [0, 0.05) is 20.0 Å². The van der Waals surface area contributed by atoms with E-state index in [9.17, 15) is 14.4 Å². The Balaban J connectivity index is 1.87. The van der Waals surface area contributed by atoms with Crippen molar-refractivity contribution in [3.63, 3.8) is 0 Å². The number of amides is 2. The van der Waals surface area contributed by atoms with Crippen LogP contribution in [0.5, 0.6) is 0 Å². The Bertz CT molecular complexity index is 433. The van der Waals surface area contributed by atoms with Crippen LogP contribution >= 0.6 is 0 Å². The number of likely N-dealkylation sites (N-methyl/N-ethyl adjacent to an activating group) is 1. The lowest BCUT2D eigenvalue weighted by atomic mass is 10.1. The van der Waals surface area contributed by atoms with Crippen molar-refractivity contribution >= 4 is 23.5 Å². The van der Waals surface area contributed by atoms with E-state index in [1.807, 2.05) is 0 Å². The minimum atomic E-state index is -1.21. The van der Waals surface area contributed by atoms with Gasteiger partial charge in [0.1, 0.15) is 6.04 Å². The molecule has 2 amide bonds. The molecule has 2 N–H and O–H groups in total. The molecule has 1 fully saturated rings. The summed E-state index contributed by atoms with van der Waals surface area (Å²) in [6.45, 7) is 0.589. The molecule has 2 atom stereocenters. The quantitative estimate of drug-likeness (QED) is 0.642. The van der Waals surface area contributed by atoms with Gasteiger partial charge in [-0.25, -0.2) is 4.79 Å². The van der Waals surface area contributed by atoms with E-state index in [0.29, 0.717) is 13.0 Å². The van der Waals surface area contributed by atoms with Gasteiger partial charge in [-0.15, -0.1) is 0 Å². The van der Waals surface area contributed by atoms with Crippen LogP contribution in [-0.2, 0) is 19.2 Å². The van der Waals surface area contributed by atoms with Gasteiger partial charge in [0.2, 0.25) is 12.0 Å². The van der Waals surface area contributed by atoms with Crippen molar-refractivity contribution in [1.82, 2.24) is 10.2 Å². The van der Waals surface area contributed by atoms with Crippen LogP contribution < -0.4 is 5.32 Å². The molecule has 0 aromatic heterocycles. The first kappa shape index (κ1) is 12.3. The Morgan fingerprint density at radius 2 is 2.28 bits per heavy atom. The molecule has 0 radical (unpaired) electrons. The third kappa shape index (κ3) is 2.27. The van der Waals surface area contributed by atoms with Crippen molar-refractivity contribution in [3.05, 3.63) is 0 Å². The van der Waals surface area contributed by atoms with Crippen molar-refractivity contribution in [2.75, 3.05) is 13.6 Å². The molecule has 2 unspecified atom stereocenters. The smallest absolute Gasteiger partial charge is 0.353 e. The molecule has 2 rings (SSSR count). The third-order valence-corrected chi connectivity index (χ3v) is 2.95. The predicted molar refractivity (Wildman–Crippen MR) is 58.7 cm³/mol. The molecule has 0 bridgehead atoms. The molecule has 0 spiro atoms. The molecule has 0 aromatic rings. The number of carboxylic acids is 1. The molecule has 18 heavy (non-hydrogen) atoms. The molecule has 8 nitrogen and oxygen atoms in total. The number of oxime groups is 1. The van der Waals surface area contributed by atoms with E-state index < -0.39 is 24.0 Å². The average Bonchev–Trinajstić information content (AvgIpc) is 2.91. The lowest BCUT2D eigenvalue weighted by molar-refractivity contribution is -0.136. The van der Waals surface area contributed by atoms with Gasteiger partial charge in [-0.1, -0.05) is 5.16 Å². The first-order chi connectivity index (χ1) is 8.49. The van der Waals surface area contributed by atoms with E-state index >= 15 is 0 Å². The van der Waals surface area contributed by atoms with Gasteiger partial charge < -0.3 is 20.2 Å². The minimum Gasteiger partial charge on any atom is -0.477 e. The van der Waals surface area contributed by atoms with E-state index in [2.05, 4.69) is 10.5 Å². The maximum Gasteiger partial charge on any atom is 0.353 e. The lowest BCUT2D eigenvalue weighted by Crippen LogP contribution is -2.45. The second-order valence-electron chi connectivity index (χ2n) is 4.25. The molecule has 1 saturated heterocycles. The van der Waals surface area contributed by atoms with Gasteiger partial charge >= 0.3 is 5.97 Å². The van der Waals surface area contributed by atoms with Crippen LogP contribution in [-0.4, -0.2) is 59.2 Å². The Kier molecular flexibility index (Phi) is 3.17. The first-order valence-electron chi connectivity index (χ1n) is 5.50. The van der Waals surface area contributed by atoms with Crippen LogP contribution in [0.25, 0.3) is 0 Å². The van der Waals surface area contributed by atoms with Crippen LogP contribution in [0.15, 0.2) is 5.16 Å². The Labute approximate surface area is 103 Å². The van der Waals surface area contributed by atoms with Crippen LogP contribution in [0.1, 0.15) is 12.8 Å². The normalized spacial score (nSPS) is 26.8. The zero-order chi connectivity index (χ0) is 13.3. The maximum atomic E-state index is 11.7. The zero-order valence-corrected chi connectivity index (χ0v) is 9.75. The Morgan fingerprint density at radius 1 is 1.56 bits per heavy atom. The standard InChI is InChI=1S/C10H13N3O5/c1-13-3-2-5(9(13)15)11-8(14)7-4-6(10(16)17)12-18-7/h5,7H,2-4H2,1H3,(H,11,14)(H,16,17). The summed E-state index contributed by atoms with van der Waals surface area (Å²) in [4.78, 5) is 40.2. The number of rotatable bonds is 3. The Hall–Kier alpha value is -2.12. The molecule has 0 aromatic carbocycles. The topological polar surface area (TPSA) is 108 Å². The summed E-state index contributed by atoms with van der Waals surface area (Å²) in [5.41, 5.74) is -0.190. The average molecular weight is 255 g/mol. The summed E-state index contributed by atoms with van der Waals surface area (Å²) < 4.78 is 0. The van der Waals surface area contributed by atoms with Crippen LogP contribution in [0.3, 0.4) is 0 Å². The van der Waals surface area contributed by atoms with Crippen molar-refractivity contribution in [2.24, 2.45) is 5.16 Å². The number of carbonyl (C=O) groups is 3. The van der Waals surface area contributed by atoms with E-state index in [-0.39, 0.29) is 18.0 Å². The maximum absolute atomic E-state index is 11.7. The number of hydrogen-bond donors (Lipinski definition) is 2. The van der Waals surface area contributed by atoms with Crippen molar-refractivity contribution in [2.45, 2.75) is 25.0 Å². The molecular formula is C10H13N3O5. The highest BCUT2D eigenvalue weighted by molar-refractivity contribution is 6.36. The van der Waals surface area contributed by atoms with Gasteiger partial charge in [0.15, 0.2) is 5.71 Å². The molecule has 8 heteroatoms. The van der Waals surface area contributed by atoms with Gasteiger partial charge in [0.05, 0.1) is 0 Å². The van der Waals surface area contributed by atoms with E-state index in [4.69, 9.17) is 9.94 Å². The predicted octanol–water partition coefficient (Wildman–Crippen LogP) is -1.44. The SMILES string of the molecule is CN1CCC(NC(=O)C2CC(C(=O)O)=NO2)C1=O. The van der Waals surface area contributed by atoms with Crippen LogP contribution in [0.4, 0.5) is 0 Å². The molecule has 2 aliphatic rings. The largest absolute Gasteiger partial charge is 0.477 e. The number of carboxylic acid groups (broad SMARTS) is 1. The second kappa shape index (κ2) is 4.63. The number of hydrogen-bond acceptors (Lipinski definition) is 5. The van der Waals surface area contributed by atoms with Gasteiger partial charge in [-0.2, -0.15) is 0 Å². The number of nitrogens with one attached hydrogen (secondary N) is 1. The van der Waals surface area contributed by atoms with Crippen LogP contribution in [0, 0.1) is 0 Å². The highest BCUT2D eigenvalue weighted by Crippen LogP contribution is 2.13. The second-order valence-corrected chi connectivity index (χ2v) is 4.25. The van der Waals surface area contributed by atoms with Crippen molar-refractivity contribution in [1.29, 1.82) is 0 Å². The van der Waals surface area contributed by atoms with Gasteiger partial charge in [-0.05, 0) is 6.42 Å². The fourth-order valence-electron chi connectivity index (χ4n) is 1.87. The van der Waals surface area contributed by atoms with Gasteiger partial charge in [0.25, 0.3) is 5.91 Å². The summed E-state index contributed by atoms with van der Waals surface area (Å²) >= 11 is 0. The minimum absolute atomic E-state index is 0.0854. The molecule has 2 heterocycles. The highest BCUT2D eigenvalue weighted by atomic mass is 16.6. The first-order valence-corrected chi connectivity index (χ1v) is 5.50. The number of carbonyl (C=O) groups excluding carboxylic acids is 2. The fraction of sp³-hybridized carbons (Fsp3) is 0.600. The zero-order valence-electron chi connectivity index (χ0n) is 9.75. The van der Waals surface area contributed by atoms with Crippen molar-refractivity contribution < 1.29 is 24.3 Å². The monoisotopic (exact) mass is 255 g/mol. The number of aliphatic carboxylic acids is 1. The third-order valence-electron chi connectivity index (χ3n) is 2.95. The summed E-state index contributed by atoms with van der Waals surface area (Å²) in [6, 6.07) is -0.556. The molecule has 98 valence electrons. The number of likely N-dealkylation sites (tertiary alicyclic amines) is 1. The summed E-state index contributed by atoms with van der Waals surface area (Å²) in [5, 5.41) is 14.5. The van der Waals surface area contributed by atoms with E-state index in [1.54, 1.807) is 7.05 Å². The molecule has 0 aliphatic carbocycles. The summed E-state index contributed by atoms with van der Waals surface area (Å²) in [7, 11) is 1.66. The number of nitrogens with zero attached hydrogens (tertiary/aromatic N) is 2. The highest BCUT2D eigenvalue weighted by Gasteiger charge is 2.36. The lowest BCUT2D eigenvalue weighted by Gasteiger charge is -2.14. The van der Waals surface area contributed by atoms with E-state index in [0.717, 1.165) is 0 Å². The van der Waals surface area contributed by atoms with Crippen LogP contribution in [0.2, 0.25) is 0 Å². The fourth-order valence-corrected chi connectivity index (χ4v) is 1.87. The van der Waals surface area contributed by atoms with Crippen molar-refractivity contribution in [3.8, 4) is 0 Å². The molecule has 0 saturated carbocycles. The Morgan fingerprint density at radius 3 is 2.78 bits per heavy atom.